The Bertz CT molecular complexity index is 938. The van der Waals surface area contributed by atoms with Gasteiger partial charge < -0.3 is 10.6 Å². The van der Waals surface area contributed by atoms with Crippen LogP contribution in [0.4, 0.5) is 24.5 Å². The molecule has 2 N–H and O–H groups in total. The summed E-state index contributed by atoms with van der Waals surface area (Å²) in [5.41, 5.74) is 1.67. The normalized spacial score (nSPS) is 12.3. The molecule has 0 bridgehead atoms. The van der Waals surface area contributed by atoms with Crippen molar-refractivity contribution in [3.63, 3.8) is 0 Å². The van der Waals surface area contributed by atoms with E-state index >= 15 is 0 Å². The summed E-state index contributed by atoms with van der Waals surface area (Å²) >= 11 is 0. The number of nitrogens with one attached hydrogen (secondary N) is 2. The van der Waals surface area contributed by atoms with E-state index in [-0.39, 0.29) is 5.69 Å². The monoisotopic (exact) mass is 384 g/mol. The van der Waals surface area contributed by atoms with Crippen LogP contribution in [0.1, 0.15) is 12.5 Å². The van der Waals surface area contributed by atoms with Gasteiger partial charge in [0.05, 0.1) is 11.3 Å². The lowest BCUT2D eigenvalue weighted by atomic mass is 10.1. The van der Waals surface area contributed by atoms with Crippen LogP contribution in [0.5, 0.6) is 0 Å². The van der Waals surface area contributed by atoms with E-state index in [1.807, 2.05) is 54.6 Å². The Hall–Kier alpha value is -3.28. The minimum atomic E-state index is -4.53. The van der Waals surface area contributed by atoms with Gasteiger partial charge in [0.2, 0.25) is 5.91 Å². The summed E-state index contributed by atoms with van der Waals surface area (Å²) in [6, 6.07) is 21.5. The Morgan fingerprint density at radius 2 is 1.39 bits per heavy atom. The Balaban J connectivity index is 1.67. The van der Waals surface area contributed by atoms with Gasteiger partial charge in [-0.15, -0.1) is 0 Å². The SMILES string of the molecule is CC(Nc1ccc(-c2ccccc2)cc1)C(=O)Nc1ccccc1C(F)(F)F. The van der Waals surface area contributed by atoms with Crippen LogP contribution < -0.4 is 10.6 Å². The van der Waals surface area contributed by atoms with Crippen LogP contribution in [-0.2, 0) is 11.0 Å². The Morgan fingerprint density at radius 1 is 0.821 bits per heavy atom. The van der Waals surface area contributed by atoms with Crippen LogP contribution in [-0.4, -0.2) is 11.9 Å². The first kappa shape index (κ1) is 19.5. The van der Waals surface area contributed by atoms with Crippen molar-refractivity contribution < 1.29 is 18.0 Å². The summed E-state index contributed by atoms with van der Waals surface area (Å²) in [6.45, 7) is 1.59. The average molecular weight is 384 g/mol. The predicted octanol–water partition coefficient (Wildman–Crippen LogP) is 5.81. The molecule has 0 spiro atoms. The lowest BCUT2D eigenvalue weighted by molar-refractivity contribution is -0.137. The van der Waals surface area contributed by atoms with Crippen molar-refractivity contribution in [2.75, 3.05) is 10.6 Å². The highest BCUT2D eigenvalue weighted by molar-refractivity contribution is 5.97. The van der Waals surface area contributed by atoms with Gasteiger partial charge in [-0.2, -0.15) is 13.2 Å². The summed E-state index contributed by atoms with van der Waals surface area (Å²) in [5, 5.41) is 5.36. The first-order valence-corrected chi connectivity index (χ1v) is 8.74. The molecule has 1 unspecified atom stereocenters. The minimum absolute atomic E-state index is 0.256. The maximum atomic E-state index is 13.1. The molecule has 0 aromatic heterocycles. The molecule has 0 radical (unpaired) electrons. The molecule has 3 aromatic carbocycles. The number of carbonyl (C=O) groups is 1. The fourth-order valence-electron chi connectivity index (χ4n) is 2.79. The molecule has 28 heavy (non-hydrogen) atoms. The number of rotatable bonds is 5. The summed E-state index contributed by atoms with van der Waals surface area (Å²) in [4.78, 5) is 12.3. The summed E-state index contributed by atoms with van der Waals surface area (Å²) in [5.74, 6) is -0.552. The second kappa shape index (κ2) is 8.17. The molecule has 144 valence electrons. The van der Waals surface area contributed by atoms with Crippen molar-refractivity contribution in [3.8, 4) is 11.1 Å². The number of carbonyl (C=O) groups excluding carboxylic acids is 1. The van der Waals surface area contributed by atoms with Crippen molar-refractivity contribution in [3.05, 3.63) is 84.4 Å². The molecule has 1 amide bonds. The maximum Gasteiger partial charge on any atom is 0.418 e. The lowest BCUT2D eigenvalue weighted by Gasteiger charge is -2.18. The highest BCUT2D eigenvalue weighted by Gasteiger charge is 2.33. The number of hydrogen-bond donors (Lipinski definition) is 2. The van der Waals surface area contributed by atoms with Crippen molar-refractivity contribution in [1.82, 2.24) is 0 Å². The van der Waals surface area contributed by atoms with Crippen LogP contribution in [0, 0.1) is 0 Å². The van der Waals surface area contributed by atoms with E-state index in [2.05, 4.69) is 10.6 Å². The van der Waals surface area contributed by atoms with Gasteiger partial charge >= 0.3 is 6.18 Å². The van der Waals surface area contributed by atoms with E-state index in [0.29, 0.717) is 5.69 Å². The number of benzene rings is 3. The summed E-state index contributed by atoms with van der Waals surface area (Å²) < 4.78 is 39.2. The lowest BCUT2D eigenvalue weighted by Crippen LogP contribution is -2.32. The zero-order valence-corrected chi connectivity index (χ0v) is 15.1. The molecule has 0 aliphatic heterocycles. The quantitative estimate of drug-likeness (QED) is 0.583. The minimum Gasteiger partial charge on any atom is -0.374 e. The van der Waals surface area contributed by atoms with Crippen molar-refractivity contribution in [2.45, 2.75) is 19.1 Å². The standard InChI is InChI=1S/C22H19F3N2O/c1-15(21(28)27-20-10-6-5-9-19(20)22(23,24)25)26-18-13-11-17(12-14-18)16-7-3-2-4-8-16/h2-15,26H,1H3,(H,27,28). The van der Waals surface area contributed by atoms with E-state index in [9.17, 15) is 18.0 Å². The molecule has 0 aliphatic rings. The predicted molar refractivity (Wildman–Crippen MR) is 105 cm³/mol. The van der Waals surface area contributed by atoms with E-state index in [0.717, 1.165) is 17.2 Å². The number of anilines is 2. The molecule has 1 atom stereocenters. The van der Waals surface area contributed by atoms with Crippen LogP contribution in [0.15, 0.2) is 78.9 Å². The highest BCUT2D eigenvalue weighted by Crippen LogP contribution is 2.34. The van der Waals surface area contributed by atoms with Gasteiger partial charge in [0.25, 0.3) is 0 Å². The number of hydrogen-bond acceptors (Lipinski definition) is 2. The molecule has 6 heteroatoms. The molecular weight excluding hydrogens is 365 g/mol. The summed E-state index contributed by atoms with van der Waals surface area (Å²) in [7, 11) is 0. The number of para-hydroxylation sites is 1. The fourth-order valence-corrected chi connectivity index (χ4v) is 2.79. The summed E-state index contributed by atoms with van der Waals surface area (Å²) in [6.07, 6.45) is -4.53. The zero-order chi connectivity index (χ0) is 20.1. The molecule has 0 saturated heterocycles. The first-order chi connectivity index (χ1) is 13.3. The van der Waals surface area contributed by atoms with E-state index < -0.39 is 23.7 Å². The average Bonchev–Trinajstić information content (AvgIpc) is 2.69. The number of amides is 1. The third-order valence-electron chi connectivity index (χ3n) is 4.26. The van der Waals surface area contributed by atoms with Crippen LogP contribution in [0.2, 0.25) is 0 Å². The third kappa shape index (κ3) is 4.71. The van der Waals surface area contributed by atoms with Gasteiger partial charge in [-0.1, -0.05) is 54.6 Å². The molecule has 3 nitrogen and oxygen atoms in total. The Morgan fingerprint density at radius 3 is 2.04 bits per heavy atom. The molecular formula is C22H19F3N2O. The molecule has 0 fully saturated rings. The maximum absolute atomic E-state index is 13.1. The van der Waals surface area contributed by atoms with Crippen LogP contribution >= 0.6 is 0 Å². The third-order valence-corrected chi connectivity index (χ3v) is 4.26. The van der Waals surface area contributed by atoms with Crippen molar-refractivity contribution in [1.29, 1.82) is 0 Å². The molecule has 0 heterocycles. The van der Waals surface area contributed by atoms with Gasteiger partial charge in [0.1, 0.15) is 6.04 Å². The van der Waals surface area contributed by atoms with Crippen LogP contribution in [0.25, 0.3) is 11.1 Å². The Labute approximate surface area is 161 Å². The van der Waals surface area contributed by atoms with E-state index in [1.165, 1.54) is 18.2 Å². The zero-order valence-electron chi connectivity index (χ0n) is 15.1. The van der Waals surface area contributed by atoms with Gasteiger partial charge in [-0.25, -0.2) is 0 Å². The van der Waals surface area contributed by atoms with Crippen LogP contribution in [0.3, 0.4) is 0 Å². The topological polar surface area (TPSA) is 41.1 Å². The Kier molecular flexibility index (Phi) is 5.68. The fraction of sp³-hybridized carbons (Fsp3) is 0.136. The second-order valence-corrected chi connectivity index (χ2v) is 6.34. The second-order valence-electron chi connectivity index (χ2n) is 6.34. The van der Waals surface area contributed by atoms with E-state index in [1.54, 1.807) is 6.92 Å². The largest absolute Gasteiger partial charge is 0.418 e. The van der Waals surface area contributed by atoms with Gasteiger partial charge in [0, 0.05) is 5.69 Å². The molecule has 0 saturated carbocycles. The first-order valence-electron chi connectivity index (χ1n) is 8.74. The van der Waals surface area contributed by atoms with Gasteiger partial charge in [0.15, 0.2) is 0 Å². The smallest absolute Gasteiger partial charge is 0.374 e. The number of halogens is 3. The molecule has 0 aliphatic carbocycles. The van der Waals surface area contributed by atoms with E-state index in [4.69, 9.17) is 0 Å². The van der Waals surface area contributed by atoms with Gasteiger partial charge in [-0.05, 0) is 42.3 Å². The molecule has 3 aromatic rings. The van der Waals surface area contributed by atoms with Crippen molar-refractivity contribution in [2.24, 2.45) is 0 Å². The number of alkyl halides is 3. The highest BCUT2D eigenvalue weighted by atomic mass is 19.4. The van der Waals surface area contributed by atoms with Gasteiger partial charge in [-0.3, -0.25) is 4.79 Å². The van der Waals surface area contributed by atoms with Crippen molar-refractivity contribution >= 4 is 17.3 Å². The molecule has 3 rings (SSSR count).